The smallest absolute Gasteiger partial charge is 0.129 e. The van der Waals surface area contributed by atoms with Gasteiger partial charge in [-0.15, -0.1) is 0 Å². The number of hydrogen-bond donors (Lipinski definition) is 0. The van der Waals surface area contributed by atoms with Gasteiger partial charge in [-0.3, -0.25) is 0 Å². The van der Waals surface area contributed by atoms with E-state index >= 15 is 0 Å². The zero-order chi connectivity index (χ0) is 26.4. The summed E-state index contributed by atoms with van der Waals surface area (Å²) in [4.78, 5) is 0. The van der Waals surface area contributed by atoms with E-state index < -0.39 is 0 Å². The fourth-order valence-corrected chi connectivity index (χ4v) is 6.95. The zero-order valence-electron chi connectivity index (χ0n) is 22.1. The van der Waals surface area contributed by atoms with E-state index in [1.165, 1.54) is 72.0 Å². The molecule has 0 bridgehead atoms. The minimum absolute atomic E-state index is 0.0399. The van der Waals surface area contributed by atoms with Gasteiger partial charge >= 0.3 is 0 Å². The van der Waals surface area contributed by atoms with Crippen molar-refractivity contribution in [2.24, 2.45) is 0 Å². The van der Waals surface area contributed by atoms with Crippen LogP contribution >= 0.6 is 0 Å². The molecule has 2 aliphatic rings. The van der Waals surface area contributed by atoms with Crippen molar-refractivity contribution >= 4 is 44.4 Å². The molecule has 190 valence electrons. The molecule has 0 amide bonds. The summed E-state index contributed by atoms with van der Waals surface area (Å²) in [6, 6.07) is 41.6. The normalized spacial score (nSPS) is 15.6. The van der Waals surface area contributed by atoms with Crippen LogP contribution in [-0.4, -0.2) is 15.2 Å². The number of ether oxygens (including phenoxy) is 1. The summed E-state index contributed by atoms with van der Waals surface area (Å²) in [5, 5.41) is 3.83. The average Bonchev–Trinajstić information content (AvgIpc) is 3.62. The maximum absolute atomic E-state index is 6.49. The average molecular weight is 515 g/mol. The first kappa shape index (κ1) is 21.9. The van der Waals surface area contributed by atoms with Crippen LogP contribution in [0.4, 0.5) is 0 Å². The summed E-state index contributed by atoms with van der Waals surface area (Å²) < 4.78 is 11.4. The summed E-state index contributed by atoms with van der Waals surface area (Å²) in [6.07, 6.45) is 3.26. The second kappa shape index (κ2) is 8.00. The Balaban J connectivity index is 1.41. The number of benzene rings is 5. The molecule has 5 aromatic carbocycles. The third-order valence-electron chi connectivity index (χ3n) is 8.68. The summed E-state index contributed by atoms with van der Waals surface area (Å²) in [6.45, 7) is 2.16. The van der Waals surface area contributed by atoms with Crippen molar-refractivity contribution in [2.75, 3.05) is 0 Å². The second-order valence-electron chi connectivity index (χ2n) is 11.0. The van der Waals surface area contributed by atoms with E-state index in [1.807, 2.05) is 0 Å². The van der Waals surface area contributed by atoms with Gasteiger partial charge in [0.15, 0.2) is 0 Å². The summed E-state index contributed by atoms with van der Waals surface area (Å²) >= 11 is 0. The summed E-state index contributed by atoms with van der Waals surface area (Å²) in [5.41, 5.74) is 12.4. The van der Waals surface area contributed by atoms with E-state index in [1.54, 1.807) is 0 Å². The standard InChI is InChI=1S/C37H26N2O/c1-23-10-9-13-25(18-23)39-32-16-7-5-14-26(32)28-19-34-29(20-33(28)39)30-22-37-31(27-15-6-8-17-36(27)40-37)21-35(30)38(34)24-11-3-2-4-12-24/h2-21,37H,22H2,1H3. The van der Waals surface area contributed by atoms with E-state index in [-0.39, 0.29) is 6.10 Å². The summed E-state index contributed by atoms with van der Waals surface area (Å²) in [7, 11) is 0. The Morgan fingerprint density at radius 1 is 0.625 bits per heavy atom. The van der Waals surface area contributed by atoms with Crippen LogP contribution in [0.2, 0.25) is 0 Å². The van der Waals surface area contributed by atoms with E-state index in [4.69, 9.17) is 4.74 Å². The predicted octanol–water partition coefficient (Wildman–Crippen LogP) is 8.89. The molecule has 1 aliphatic heterocycles. The van der Waals surface area contributed by atoms with Gasteiger partial charge in [0.1, 0.15) is 11.9 Å². The molecule has 40 heavy (non-hydrogen) atoms. The number of fused-ring (bicyclic) bond motifs is 9. The predicted molar refractivity (Wildman–Crippen MR) is 165 cm³/mol. The molecular formula is C37H26N2O. The molecule has 1 aliphatic carbocycles. The minimum Gasteiger partial charge on any atom is -0.485 e. The van der Waals surface area contributed by atoms with Gasteiger partial charge in [-0.25, -0.2) is 0 Å². The number of nitrogens with zero attached hydrogens (tertiary/aromatic N) is 2. The third kappa shape index (κ3) is 2.95. The zero-order valence-corrected chi connectivity index (χ0v) is 22.1. The fourth-order valence-electron chi connectivity index (χ4n) is 6.95. The van der Waals surface area contributed by atoms with Gasteiger partial charge in [-0.05, 0) is 72.7 Å². The minimum atomic E-state index is 0.0399. The lowest BCUT2D eigenvalue weighted by molar-refractivity contribution is 0.276. The van der Waals surface area contributed by atoms with E-state index in [0.29, 0.717) is 0 Å². The van der Waals surface area contributed by atoms with Crippen LogP contribution in [-0.2, 0) is 6.42 Å². The highest BCUT2D eigenvalue weighted by atomic mass is 16.5. The molecule has 0 spiro atoms. The Morgan fingerprint density at radius 2 is 1.38 bits per heavy atom. The molecule has 3 nitrogen and oxygen atoms in total. The Hall–Kier alpha value is -5.02. The number of aryl methyl sites for hydroxylation is 1. The van der Waals surface area contributed by atoms with Gasteiger partial charge in [-0.2, -0.15) is 0 Å². The van der Waals surface area contributed by atoms with Crippen molar-refractivity contribution in [1.29, 1.82) is 0 Å². The van der Waals surface area contributed by atoms with Gasteiger partial charge in [-0.1, -0.05) is 66.7 Å². The van der Waals surface area contributed by atoms with Crippen molar-refractivity contribution in [3.05, 3.63) is 138 Å². The summed E-state index contributed by atoms with van der Waals surface area (Å²) in [5.74, 6) is 0.987. The third-order valence-corrected chi connectivity index (χ3v) is 8.68. The molecule has 0 saturated heterocycles. The van der Waals surface area contributed by atoms with Crippen LogP contribution in [0.25, 0.3) is 55.7 Å². The number of aromatic nitrogens is 2. The molecule has 2 aromatic heterocycles. The lowest BCUT2D eigenvalue weighted by Crippen LogP contribution is -2.19. The van der Waals surface area contributed by atoms with Crippen LogP contribution in [0.15, 0.2) is 115 Å². The maximum Gasteiger partial charge on any atom is 0.129 e. The van der Waals surface area contributed by atoms with Crippen molar-refractivity contribution < 1.29 is 4.74 Å². The van der Waals surface area contributed by atoms with Gasteiger partial charge in [0.2, 0.25) is 0 Å². The molecule has 0 radical (unpaired) electrons. The first-order chi connectivity index (χ1) is 19.7. The highest BCUT2D eigenvalue weighted by Gasteiger charge is 2.35. The van der Waals surface area contributed by atoms with E-state index in [9.17, 15) is 0 Å². The van der Waals surface area contributed by atoms with Gasteiger partial charge in [0.05, 0.1) is 22.2 Å². The number of hydrogen-bond acceptors (Lipinski definition) is 1. The van der Waals surface area contributed by atoms with Crippen LogP contribution in [0.3, 0.4) is 0 Å². The number of rotatable bonds is 2. The molecule has 0 fully saturated rings. The van der Waals surface area contributed by atoms with Gasteiger partial charge < -0.3 is 13.9 Å². The molecule has 9 rings (SSSR count). The highest BCUT2D eigenvalue weighted by Crippen LogP contribution is 2.47. The van der Waals surface area contributed by atoms with Crippen LogP contribution in [0.1, 0.15) is 22.4 Å². The quantitative estimate of drug-likeness (QED) is 0.225. The SMILES string of the molecule is Cc1cccc(-n2c3ccccc3c3cc4c(cc32)c2c(n4-c3ccccc3)C=C3c4ccccc4OC3C2)c1. The Morgan fingerprint density at radius 3 is 2.27 bits per heavy atom. The topological polar surface area (TPSA) is 19.1 Å². The molecular weight excluding hydrogens is 488 g/mol. The number of para-hydroxylation sites is 3. The van der Waals surface area contributed by atoms with E-state index in [2.05, 4.69) is 137 Å². The fraction of sp³-hybridized carbons (Fsp3) is 0.0811. The van der Waals surface area contributed by atoms with Crippen molar-refractivity contribution in [3.8, 4) is 17.1 Å². The van der Waals surface area contributed by atoms with Crippen molar-refractivity contribution in [1.82, 2.24) is 9.13 Å². The molecule has 1 unspecified atom stereocenters. The Kier molecular flexibility index (Phi) is 4.37. The van der Waals surface area contributed by atoms with E-state index in [0.717, 1.165) is 12.2 Å². The first-order valence-electron chi connectivity index (χ1n) is 14.0. The highest BCUT2D eigenvalue weighted by molar-refractivity contribution is 6.14. The van der Waals surface area contributed by atoms with Gasteiger partial charge in [0.25, 0.3) is 0 Å². The second-order valence-corrected chi connectivity index (χ2v) is 11.0. The monoisotopic (exact) mass is 514 g/mol. The van der Waals surface area contributed by atoms with Crippen LogP contribution < -0.4 is 4.74 Å². The van der Waals surface area contributed by atoms with Gasteiger partial charge in [0, 0.05) is 45.1 Å². The van der Waals surface area contributed by atoms with Crippen molar-refractivity contribution in [3.63, 3.8) is 0 Å². The lowest BCUT2D eigenvalue weighted by atomic mass is 9.90. The lowest BCUT2D eigenvalue weighted by Gasteiger charge is -2.19. The van der Waals surface area contributed by atoms with Crippen LogP contribution in [0, 0.1) is 6.92 Å². The largest absolute Gasteiger partial charge is 0.485 e. The Bertz CT molecular complexity index is 2180. The Labute approximate surface area is 232 Å². The molecule has 0 saturated carbocycles. The maximum atomic E-state index is 6.49. The molecule has 3 heteroatoms. The van der Waals surface area contributed by atoms with Crippen LogP contribution in [0.5, 0.6) is 5.75 Å². The molecule has 0 N–H and O–H groups in total. The van der Waals surface area contributed by atoms with Crippen molar-refractivity contribution in [2.45, 2.75) is 19.4 Å². The molecule has 3 heterocycles. The molecule has 1 atom stereocenters. The first-order valence-corrected chi connectivity index (χ1v) is 14.0. The molecule has 7 aromatic rings.